The van der Waals surface area contributed by atoms with Gasteiger partial charge in [0.1, 0.15) is 0 Å². The van der Waals surface area contributed by atoms with Gasteiger partial charge in [0, 0.05) is 17.3 Å². The molecule has 1 aromatic rings. The Kier molecular flexibility index (Phi) is 6.05. The summed E-state index contributed by atoms with van der Waals surface area (Å²) < 4.78 is 4.64. The van der Waals surface area contributed by atoms with Gasteiger partial charge >= 0.3 is 5.97 Å². The van der Waals surface area contributed by atoms with Crippen molar-refractivity contribution < 1.29 is 14.3 Å². The molecule has 1 rings (SSSR count). The van der Waals surface area contributed by atoms with E-state index in [1.807, 2.05) is 6.92 Å². The van der Waals surface area contributed by atoms with E-state index in [4.69, 9.17) is 0 Å². The summed E-state index contributed by atoms with van der Waals surface area (Å²) in [5.41, 5.74) is 1.99. The maximum absolute atomic E-state index is 12.0. The Bertz CT molecular complexity index is 441. The summed E-state index contributed by atoms with van der Waals surface area (Å²) in [7, 11) is 1.34. The second-order valence-corrected chi connectivity index (χ2v) is 4.88. The molecule has 0 spiro atoms. The molecular formula is C14H17BrO3. The first-order chi connectivity index (χ1) is 8.60. The highest BCUT2D eigenvalue weighted by Gasteiger charge is 2.12. The van der Waals surface area contributed by atoms with E-state index in [1.165, 1.54) is 7.11 Å². The third-order valence-electron chi connectivity index (χ3n) is 2.74. The lowest BCUT2D eigenvalue weighted by molar-refractivity contribution is 0.0600. The van der Waals surface area contributed by atoms with Crippen molar-refractivity contribution in [3.63, 3.8) is 0 Å². The average Bonchev–Trinajstić information content (AvgIpc) is 2.37. The molecule has 0 aromatic heterocycles. The van der Waals surface area contributed by atoms with Crippen molar-refractivity contribution in [2.24, 2.45) is 0 Å². The maximum atomic E-state index is 12.0. The fourth-order valence-corrected chi connectivity index (χ4v) is 2.13. The van der Waals surface area contributed by atoms with E-state index in [0.717, 1.165) is 23.7 Å². The van der Waals surface area contributed by atoms with Crippen molar-refractivity contribution in [1.82, 2.24) is 0 Å². The number of ketones is 1. The second kappa shape index (κ2) is 7.31. The summed E-state index contributed by atoms with van der Waals surface area (Å²) in [6, 6.07) is 5.04. The first-order valence-electron chi connectivity index (χ1n) is 5.88. The van der Waals surface area contributed by atoms with E-state index < -0.39 is 0 Å². The number of carbonyl (C=O) groups is 2. The summed E-state index contributed by atoms with van der Waals surface area (Å²) >= 11 is 3.34. The number of hydrogen-bond donors (Lipinski definition) is 0. The van der Waals surface area contributed by atoms with Crippen LogP contribution in [0.25, 0.3) is 0 Å². The fourth-order valence-electron chi connectivity index (χ4n) is 1.74. The third-order valence-corrected chi connectivity index (χ3v) is 3.30. The van der Waals surface area contributed by atoms with Crippen LogP contribution in [0.1, 0.15) is 45.5 Å². The quantitative estimate of drug-likeness (QED) is 0.349. The van der Waals surface area contributed by atoms with E-state index in [1.54, 1.807) is 18.2 Å². The van der Waals surface area contributed by atoms with Gasteiger partial charge in [-0.3, -0.25) is 4.79 Å². The molecular weight excluding hydrogens is 296 g/mol. The van der Waals surface area contributed by atoms with Gasteiger partial charge in [0.2, 0.25) is 0 Å². The van der Waals surface area contributed by atoms with Gasteiger partial charge < -0.3 is 4.74 Å². The van der Waals surface area contributed by atoms with Crippen LogP contribution in [0.5, 0.6) is 0 Å². The highest BCUT2D eigenvalue weighted by atomic mass is 79.9. The van der Waals surface area contributed by atoms with Crippen LogP contribution in [0.15, 0.2) is 18.2 Å². The molecule has 18 heavy (non-hydrogen) atoms. The molecule has 3 nitrogen and oxygen atoms in total. The van der Waals surface area contributed by atoms with Crippen LogP contribution in [0, 0.1) is 6.92 Å². The number of ether oxygens (including phenoxy) is 1. The zero-order valence-corrected chi connectivity index (χ0v) is 12.2. The lowest BCUT2D eigenvalue weighted by atomic mass is 9.99. The zero-order valence-electron chi connectivity index (χ0n) is 10.7. The molecule has 0 amide bonds. The van der Waals surface area contributed by atoms with Crippen molar-refractivity contribution in [1.29, 1.82) is 0 Å². The molecule has 0 unspecified atom stereocenters. The maximum Gasteiger partial charge on any atom is 0.337 e. The molecule has 0 bridgehead atoms. The van der Waals surface area contributed by atoms with E-state index in [9.17, 15) is 9.59 Å². The highest BCUT2D eigenvalue weighted by Crippen LogP contribution is 2.15. The molecule has 0 N–H and O–H groups in total. The molecule has 0 saturated carbocycles. The molecule has 1 aromatic carbocycles. The predicted molar refractivity (Wildman–Crippen MR) is 74.5 cm³/mol. The number of unbranched alkanes of at least 4 members (excludes halogenated alkanes) is 1. The van der Waals surface area contributed by atoms with Gasteiger partial charge in [0.25, 0.3) is 0 Å². The number of carbonyl (C=O) groups excluding carboxylic acids is 2. The summed E-state index contributed by atoms with van der Waals surface area (Å²) in [5, 5.41) is 0.917. The number of methoxy groups -OCH3 is 1. The predicted octanol–water partition coefficient (Wildman–Crippen LogP) is 3.53. The van der Waals surface area contributed by atoms with Gasteiger partial charge in [-0.2, -0.15) is 0 Å². The van der Waals surface area contributed by atoms with Crippen molar-refractivity contribution in [3.8, 4) is 0 Å². The number of rotatable bonds is 6. The molecule has 4 heteroatoms. The second-order valence-electron chi connectivity index (χ2n) is 4.09. The van der Waals surface area contributed by atoms with Gasteiger partial charge in [0.15, 0.2) is 5.78 Å². The minimum atomic E-state index is -0.378. The van der Waals surface area contributed by atoms with Gasteiger partial charge in [-0.05, 0) is 37.5 Å². The normalized spacial score (nSPS) is 10.2. The topological polar surface area (TPSA) is 43.4 Å². The molecule has 0 fully saturated rings. The number of aryl methyl sites for hydroxylation is 1. The Morgan fingerprint density at radius 1 is 1.28 bits per heavy atom. The summed E-state index contributed by atoms with van der Waals surface area (Å²) in [5.74, 6) is -0.249. The highest BCUT2D eigenvalue weighted by molar-refractivity contribution is 9.09. The minimum Gasteiger partial charge on any atom is -0.465 e. The van der Waals surface area contributed by atoms with Gasteiger partial charge in [-0.1, -0.05) is 22.0 Å². The Balaban J connectivity index is 2.79. The Morgan fingerprint density at radius 3 is 2.56 bits per heavy atom. The van der Waals surface area contributed by atoms with E-state index >= 15 is 0 Å². The van der Waals surface area contributed by atoms with Gasteiger partial charge in [0.05, 0.1) is 12.7 Å². The van der Waals surface area contributed by atoms with E-state index in [2.05, 4.69) is 20.7 Å². The Hall–Kier alpha value is -1.16. The Labute approximate surface area is 116 Å². The lowest BCUT2D eigenvalue weighted by Crippen LogP contribution is -2.06. The van der Waals surface area contributed by atoms with Gasteiger partial charge in [-0.15, -0.1) is 0 Å². The fraction of sp³-hybridized carbons (Fsp3) is 0.429. The summed E-state index contributed by atoms with van der Waals surface area (Å²) in [6.45, 7) is 1.84. The van der Waals surface area contributed by atoms with Crippen molar-refractivity contribution in [2.45, 2.75) is 26.2 Å². The summed E-state index contributed by atoms with van der Waals surface area (Å²) in [6.07, 6.45) is 2.41. The average molecular weight is 313 g/mol. The van der Waals surface area contributed by atoms with Crippen LogP contribution in [0.2, 0.25) is 0 Å². The molecule has 98 valence electrons. The van der Waals surface area contributed by atoms with Crippen LogP contribution in [0.3, 0.4) is 0 Å². The number of benzene rings is 1. The van der Waals surface area contributed by atoms with Crippen LogP contribution < -0.4 is 0 Å². The lowest BCUT2D eigenvalue weighted by Gasteiger charge is -2.06. The molecule has 0 atom stereocenters. The molecule has 0 saturated heterocycles. The number of alkyl halides is 1. The van der Waals surface area contributed by atoms with E-state index in [0.29, 0.717) is 17.5 Å². The van der Waals surface area contributed by atoms with Crippen molar-refractivity contribution in [3.05, 3.63) is 34.9 Å². The SMILES string of the molecule is COC(=O)c1ccc(C(=O)CCCCBr)c(C)c1. The molecule has 0 aliphatic rings. The number of halogens is 1. The molecule has 0 aliphatic carbocycles. The first-order valence-corrected chi connectivity index (χ1v) is 7.00. The number of hydrogen-bond acceptors (Lipinski definition) is 3. The molecule has 0 heterocycles. The van der Waals surface area contributed by atoms with Gasteiger partial charge in [-0.25, -0.2) is 4.79 Å². The van der Waals surface area contributed by atoms with Crippen LogP contribution in [-0.2, 0) is 4.74 Å². The Morgan fingerprint density at radius 2 is 2.00 bits per heavy atom. The van der Waals surface area contributed by atoms with Crippen LogP contribution in [-0.4, -0.2) is 24.2 Å². The van der Waals surface area contributed by atoms with Crippen LogP contribution >= 0.6 is 15.9 Å². The van der Waals surface area contributed by atoms with Crippen LogP contribution in [0.4, 0.5) is 0 Å². The largest absolute Gasteiger partial charge is 0.465 e. The van der Waals surface area contributed by atoms with Crippen molar-refractivity contribution in [2.75, 3.05) is 12.4 Å². The monoisotopic (exact) mass is 312 g/mol. The van der Waals surface area contributed by atoms with E-state index in [-0.39, 0.29) is 11.8 Å². The zero-order chi connectivity index (χ0) is 13.5. The minimum absolute atomic E-state index is 0.130. The smallest absolute Gasteiger partial charge is 0.337 e. The number of esters is 1. The molecule has 0 aliphatic heterocycles. The van der Waals surface area contributed by atoms with Crippen molar-refractivity contribution >= 4 is 27.7 Å². The molecule has 0 radical (unpaired) electrons. The number of Topliss-reactive ketones (excluding diaryl/α,β-unsaturated/α-hetero) is 1. The first kappa shape index (κ1) is 14.9. The summed E-state index contributed by atoms with van der Waals surface area (Å²) in [4.78, 5) is 23.3. The third kappa shape index (κ3) is 3.95. The standard InChI is InChI=1S/C14H17BrO3/c1-10-9-11(14(17)18-2)6-7-12(10)13(16)5-3-4-8-15/h6-7,9H,3-5,8H2,1-2H3.